The van der Waals surface area contributed by atoms with E-state index in [0.717, 1.165) is 52.8 Å². The summed E-state index contributed by atoms with van der Waals surface area (Å²) >= 11 is 5.97. The molecular weight excluding hydrogens is 459 g/mol. The molecule has 4 rings (SSSR count). The zero-order valence-corrected chi connectivity index (χ0v) is 20.3. The van der Waals surface area contributed by atoms with E-state index in [0.29, 0.717) is 15.5 Å². The molecule has 0 spiro atoms. The smallest absolute Gasteiger partial charge is 0.268 e. The van der Waals surface area contributed by atoms with E-state index in [1.807, 2.05) is 4.57 Å². The van der Waals surface area contributed by atoms with Gasteiger partial charge < -0.3 is 0 Å². The third kappa shape index (κ3) is 5.05. The molecule has 1 N–H and O–H groups in total. The van der Waals surface area contributed by atoms with Gasteiger partial charge in [-0.25, -0.2) is 4.98 Å². The van der Waals surface area contributed by atoms with Gasteiger partial charge in [0.15, 0.2) is 9.50 Å². The summed E-state index contributed by atoms with van der Waals surface area (Å²) in [6.07, 6.45) is 6.31. The number of nitrogens with zero attached hydrogens (tertiary/aromatic N) is 4. The second-order valence-electron chi connectivity index (χ2n) is 7.41. The topological polar surface area (TPSA) is 89.8 Å². The van der Waals surface area contributed by atoms with Crippen LogP contribution in [0.1, 0.15) is 57.7 Å². The molecule has 2 aromatic heterocycles. The first-order valence-electron chi connectivity index (χ1n) is 10.3. The van der Waals surface area contributed by atoms with Crippen LogP contribution < -0.4 is 10.9 Å². The van der Waals surface area contributed by atoms with Gasteiger partial charge >= 0.3 is 0 Å². The van der Waals surface area contributed by atoms with Crippen LogP contribution in [0.5, 0.6) is 0 Å². The lowest BCUT2D eigenvalue weighted by Gasteiger charge is -2.26. The van der Waals surface area contributed by atoms with E-state index in [2.05, 4.69) is 29.4 Å². The molecule has 2 aromatic rings. The highest BCUT2D eigenvalue weighted by Crippen LogP contribution is 2.37. The second-order valence-corrected chi connectivity index (χ2v) is 12.3. The summed E-state index contributed by atoms with van der Waals surface area (Å²) in [6, 6.07) is 0.183. The molecule has 11 heteroatoms. The van der Waals surface area contributed by atoms with Gasteiger partial charge in [0.1, 0.15) is 0 Å². The number of fused-ring (bicyclic) bond motifs is 1. The summed E-state index contributed by atoms with van der Waals surface area (Å²) in [7, 11) is 0. The number of thioether (sulfide) groups is 3. The largest absolute Gasteiger partial charge is 0.300 e. The first-order chi connectivity index (χ1) is 14.5. The molecule has 2 aliphatic rings. The molecule has 0 aromatic carbocycles. The normalized spacial score (nSPS) is 19.1. The average molecular weight is 484 g/mol. The molecule has 0 bridgehead atoms. The Labute approximate surface area is 192 Å². The van der Waals surface area contributed by atoms with Gasteiger partial charge in [-0.3, -0.25) is 19.5 Å². The Morgan fingerprint density at radius 3 is 2.80 bits per heavy atom. The SMILES string of the molecule is CCSc1nnc(NC(=O)CSc2nc3c(c(=O)n2C2CCCCC2)SC(C)C3)s1. The number of carbonyl (C=O) groups excluding carboxylic acids is 1. The van der Waals surface area contributed by atoms with Crippen LogP contribution in [0.3, 0.4) is 0 Å². The van der Waals surface area contributed by atoms with Gasteiger partial charge in [-0.15, -0.1) is 22.0 Å². The molecule has 1 aliphatic carbocycles. The van der Waals surface area contributed by atoms with Crippen molar-refractivity contribution in [2.45, 2.75) is 78.1 Å². The fourth-order valence-electron chi connectivity index (χ4n) is 3.80. The molecule has 1 aliphatic heterocycles. The summed E-state index contributed by atoms with van der Waals surface area (Å²) < 4.78 is 2.72. The van der Waals surface area contributed by atoms with E-state index in [4.69, 9.17) is 4.98 Å². The van der Waals surface area contributed by atoms with Gasteiger partial charge in [0.05, 0.1) is 16.3 Å². The van der Waals surface area contributed by atoms with E-state index < -0.39 is 0 Å². The third-order valence-electron chi connectivity index (χ3n) is 5.10. The molecule has 1 unspecified atom stereocenters. The number of aromatic nitrogens is 4. The summed E-state index contributed by atoms with van der Waals surface area (Å²) in [6.45, 7) is 4.18. The Bertz CT molecular complexity index is 970. The van der Waals surface area contributed by atoms with Crippen LogP contribution in [0.25, 0.3) is 0 Å². The van der Waals surface area contributed by atoms with Crippen LogP contribution in [0, 0.1) is 0 Å². The Hall–Kier alpha value is -1.04. The van der Waals surface area contributed by atoms with Crippen molar-refractivity contribution < 1.29 is 4.79 Å². The minimum Gasteiger partial charge on any atom is -0.300 e. The van der Waals surface area contributed by atoms with E-state index >= 15 is 0 Å². The maximum absolute atomic E-state index is 13.3. The Kier molecular flexibility index (Phi) is 7.43. The van der Waals surface area contributed by atoms with Gasteiger partial charge in [-0.05, 0) is 18.6 Å². The Morgan fingerprint density at radius 1 is 1.23 bits per heavy atom. The maximum Gasteiger partial charge on any atom is 0.268 e. The van der Waals surface area contributed by atoms with E-state index in [9.17, 15) is 9.59 Å². The molecule has 1 saturated carbocycles. The van der Waals surface area contributed by atoms with Crippen molar-refractivity contribution >= 4 is 57.7 Å². The average Bonchev–Trinajstić information content (AvgIpc) is 3.33. The van der Waals surface area contributed by atoms with Gasteiger partial charge in [-0.1, -0.05) is 68.0 Å². The maximum atomic E-state index is 13.3. The number of hydrogen-bond acceptors (Lipinski definition) is 9. The summed E-state index contributed by atoms with van der Waals surface area (Å²) in [5.41, 5.74) is 0.965. The van der Waals surface area contributed by atoms with Crippen molar-refractivity contribution in [3.63, 3.8) is 0 Å². The number of amides is 1. The van der Waals surface area contributed by atoms with Gasteiger partial charge in [0.2, 0.25) is 11.0 Å². The molecule has 162 valence electrons. The van der Waals surface area contributed by atoms with E-state index in [1.165, 1.54) is 29.5 Å². The fraction of sp³-hybridized carbons (Fsp3) is 0.632. The van der Waals surface area contributed by atoms with Crippen molar-refractivity contribution in [1.82, 2.24) is 19.7 Å². The molecule has 0 radical (unpaired) electrons. The summed E-state index contributed by atoms with van der Waals surface area (Å²) in [4.78, 5) is 31.4. The molecule has 30 heavy (non-hydrogen) atoms. The molecule has 1 fully saturated rings. The molecule has 0 saturated heterocycles. The first kappa shape index (κ1) is 22.2. The van der Waals surface area contributed by atoms with Crippen molar-refractivity contribution in [1.29, 1.82) is 0 Å². The quantitative estimate of drug-likeness (QED) is 0.350. The molecule has 1 atom stereocenters. The molecule has 7 nitrogen and oxygen atoms in total. The number of nitrogens with one attached hydrogen (secondary N) is 1. The van der Waals surface area contributed by atoms with Crippen LogP contribution in [-0.2, 0) is 11.2 Å². The Balaban J connectivity index is 1.51. The van der Waals surface area contributed by atoms with Crippen LogP contribution in [0.2, 0.25) is 0 Å². The number of anilines is 1. The zero-order chi connectivity index (χ0) is 21.1. The molecule has 3 heterocycles. The first-order valence-corrected chi connectivity index (χ1v) is 13.9. The predicted molar refractivity (Wildman–Crippen MR) is 125 cm³/mol. The minimum absolute atomic E-state index is 0.0783. The van der Waals surface area contributed by atoms with Crippen molar-refractivity contribution in [3.8, 4) is 0 Å². The third-order valence-corrected chi connectivity index (χ3v) is 9.13. The monoisotopic (exact) mass is 483 g/mol. The van der Waals surface area contributed by atoms with Crippen LogP contribution in [0.4, 0.5) is 5.13 Å². The lowest BCUT2D eigenvalue weighted by atomic mass is 9.95. The van der Waals surface area contributed by atoms with Gasteiger partial charge in [-0.2, -0.15) is 0 Å². The highest BCUT2D eigenvalue weighted by Gasteiger charge is 2.29. The van der Waals surface area contributed by atoms with E-state index in [1.54, 1.807) is 23.5 Å². The van der Waals surface area contributed by atoms with Gasteiger partial charge in [0.25, 0.3) is 5.56 Å². The zero-order valence-electron chi connectivity index (χ0n) is 17.0. The predicted octanol–water partition coefficient (Wildman–Crippen LogP) is 4.48. The molecular formula is C19H25N5O2S4. The standard InChI is InChI=1S/C19H25N5O2S4/c1-3-27-19-23-22-17(30-19)21-14(25)10-28-18-20-13-9-11(2)29-15(13)16(26)24(18)12-7-5-4-6-8-12/h11-12H,3-10H2,1-2H3,(H,21,22,25). The van der Waals surface area contributed by atoms with Crippen LogP contribution >= 0.6 is 46.6 Å². The van der Waals surface area contributed by atoms with Crippen LogP contribution in [-0.4, -0.2) is 42.4 Å². The van der Waals surface area contributed by atoms with E-state index in [-0.39, 0.29) is 23.3 Å². The lowest BCUT2D eigenvalue weighted by molar-refractivity contribution is -0.113. The highest BCUT2D eigenvalue weighted by atomic mass is 32.2. The Morgan fingerprint density at radius 2 is 2.03 bits per heavy atom. The number of hydrogen-bond donors (Lipinski definition) is 1. The summed E-state index contributed by atoms with van der Waals surface area (Å²) in [5, 5.41) is 12.5. The van der Waals surface area contributed by atoms with Gasteiger partial charge in [0, 0.05) is 17.7 Å². The fourth-order valence-corrected chi connectivity index (χ4v) is 7.45. The van der Waals surface area contributed by atoms with Crippen molar-refractivity contribution in [2.75, 3.05) is 16.8 Å². The molecule has 1 amide bonds. The highest BCUT2D eigenvalue weighted by molar-refractivity contribution is 8.01. The number of rotatable bonds is 7. The minimum atomic E-state index is -0.156. The summed E-state index contributed by atoms with van der Waals surface area (Å²) in [5.74, 6) is 0.950. The van der Waals surface area contributed by atoms with Crippen molar-refractivity contribution in [3.05, 3.63) is 16.0 Å². The number of carbonyl (C=O) groups is 1. The van der Waals surface area contributed by atoms with Crippen molar-refractivity contribution in [2.24, 2.45) is 0 Å². The second kappa shape index (κ2) is 10.1. The lowest BCUT2D eigenvalue weighted by Crippen LogP contribution is -2.30. The van der Waals surface area contributed by atoms with Crippen LogP contribution in [0.15, 0.2) is 19.2 Å².